The van der Waals surface area contributed by atoms with E-state index in [1.165, 1.54) is 6.33 Å². The zero-order chi connectivity index (χ0) is 14.2. The molecule has 19 heavy (non-hydrogen) atoms. The minimum absolute atomic E-state index is 0.0922. The molecule has 1 N–H and O–H groups in total. The Bertz CT molecular complexity index is 496. The molecule has 104 valence electrons. The second-order valence-electron chi connectivity index (χ2n) is 5.09. The van der Waals surface area contributed by atoms with Crippen LogP contribution in [0.5, 0.6) is 0 Å². The summed E-state index contributed by atoms with van der Waals surface area (Å²) in [6, 6.07) is -0.806. The standard InChI is InChI=1S/C12H19N5O2/c1-7(2)17-10(13-6-14-17)5-16-9(4)11(18)15-8(3)12(16)19/h6-9H,5H2,1-4H3,(H,15,18). The highest BCUT2D eigenvalue weighted by molar-refractivity contribution is 5.96. The highest BCUT2D eigenvalue weighted by Crippen LogP contribution is 2.15. The fraction of sp³-hybridized carbons (Fsp3) is 0.667. The molecule has 2 heterocycles. The predicted molar refractivity (Wildman–Crippen MR) is 68.0 cm³/mol. The summed E-state index contributed by atoms with van der Waals surface area (Å²) in [6.45, 7) is 7.70. The van der Waals surface area contributed by atoms with Crippen LogP contribution in [0.25, 0.3) is 0 Å². The van der Waals surface area contributed by atoms with Crippen LogP contribution < -0.4 is 5.32 Å². The number of aromatic nitrogens is 3. The van der Waals surface area contributed by atoms with Crippen LogP contribution >= 0.6 is 0 Å². The van der Waals surface area contributed by atoms with E-state index in [9.17, 15) is 9.59 Å². The van der Waals surface area contributed by atoms with Gasteiger partial charge in [0.05, 0.1) is 6.54 Å². The number of hydrogen-bond donors (Lipinski definition) is 1. The van der Waals surface area contributed by atoms with Gasteiger partial charge in [-0.2, -0.15) is 5.10 Å². The Balaban J connectivity index is 2.23. The Labute approximate surface area is 112 Å². The highest BCUT2D eigenvalue weighted by atomic mass is 16.2. The van der Waals surface area contributed by atoms with E-state index in [1.54, 1.807) is 23.4 Å². The number of nitrogens with one attached hydrogen (secondary N) is 1. The first kappa shape index (κ1) is 13.5. The lowest BCUT2D eigenvalue weighted by Crippen LogP contribution is -2.61. The van der Waals surface area contributed by atoms with Crippen LogP contribution in [0.1, 0.15) is 39.6 Å². The Kier molecular flexibility index (Phi) is 3.55. The van der Waals surface area contributed by atoms with Gasteiger partial charge in [-0.15, -0.1) is 0 Å². The maximum Gasteiger partial charge on any atom is 0.245 e. The first-order chi connectivity index (χ1) is 8.91. The SMILES string of the molecule is CC1NC(=O)C(C)N(Cc2ncnn2C(C)C)C1=O. The summed E-state index contributed by atoms with van der Waals surface area (Å²) in [5.41, 5.74) is 0. The third kappa shape index (κ3) is 2.45. The Morgan fingerprint density at radius 2 is 2.05 bits per heavy atom. The Hall–Kier alpha value is -1.92. The highest BCUT2D eigenvalue weighted by Gasteiger charge is 2.36. The molecule has 2 atom stereocenters. The summed E-state index contributed by atoms with van der Waals surface area (Å²) in [7, 11) is 0. The van der Waals surface area contributed by atoms with Crippen LogP contribution in [0.4, 0.5) is 0 Å². The average Bonchev–Trinajstić information content (AvgIpc) is 2.80. The molecule has 0 radical (unpaired) electrons. The summed E-state index contributed by atoms with van der Waals surface area (Å²) < 4.78 is 1.76. The molecule has 2 unspecified atom stereocenters. The quantitative estimate of drug-likeness (QED) is 0.840. The van der Waals surface area contributed by atoms with Crippen LogP contribution in [0.3, 0.4) is 0 Å². The third-order valence-electron chi connectivity index (χ3n) is 3.31. The molecule has 1 saturated heterocycles. The predicted octanol–water partition coefficient (Wildman–Crippen LogP) is 0.0944. The fourth-order valence-electron chi connectivity index (χ4n) is 2.16. The first-order valence-electron chi connectivity index (χ1n) is 6.41. The molecule has 2 amide bonds. The number of carbonyl (C=O) groups is 2. The largest absolute Gasteiger partial charge is 0.343 e. The van der Waals surface area contributed by atoms with Crippen molar-refractivity contribution in [2.75, 3.05) is 0 Å². The average molecular weight is 265 g/mol. The Morgan fingerprint density at radius 3 is 2.68 bits per heavy atom. The van der Waals surface area contributed by atoms with Crippen LogP contribution in [0.15, 0.2) is 6.33 Å². The third-order valence-corrected chi connectivity index (χ3v) is 3.31. The summed E-state index contributed by atoms with van der Waals surface area (Å²) in [5, 5.41) is 6.79. The van der Waals surface area contributed by atoms with E-state index in [1.807, 2.05) is 13.8 Å². The lowest BCUT2D eigenvalue weighted by molar-refractivity contribution is -0.148. The molecule has 1 aliphatic rings. The number of hydrogen-bond acceptors (Lipinski definition) is 4. The number of carbonyl (C=O) groups excluding carboxylic acids is 2. The number of amides is 2. The van der Waals surface area contributed by atoms with Gasteiger partial charge in [0.15, 0.2) is 0 Å². The van der Waals surface area contributed by atoms with E-state index in [0.29, 0.717) is 12.4 Å². The summed E-state index contributed by atoms with van der Waals surface area (Å²) in [6.07, 6.45) is 1.47. The van der Waals surface area contributed by atoms with Crippen molar-refractivity contribution in [3.8, 4) is 0 Å². The van der Waals surface area contributed by atoms with Crippen molar-refractivity contribution in [3.05, 3.63) is 12.2 Å². The maximum absolute atomic E-state index is 12.1. The van der Waals surface area contributed by atoms with Crippen LogP contribution in [0, 0.1) is 0 Å². The monoisotopic (exact) mass is 265 g/mol. The molecule has 0 aliphatic carbocycles. The normalized spacial score (nSPS) is 23.9. The van der Waals surface area contributed by atoms with Crippen molar-refractivity contribution in [3.63, 3.8) is 0 Å². The number of piperazine rings is 1. The van der Waals surface area contributed by atoms with E-state index in [4.69, 9.17) is 0 Å². The minimum atomic E-state index is -0.487. The molecule has 0 aromatic carbocycles. The summed E-state index contributed by atoms with van der Waals surface area (Å²) in [4.78, 5) is 29.6. The van der Waals surface area contributed by atoms with Gasteiger partial charge in [-0.3, -0.25) is 9.59 Å². The summed E-state index contributed by atoms with van der Waals surface area (Å²) >= 11 is 0. The zero-order valence-corrected chi connectivity index (χ0v) is 11.6. The molecule has 1 aliphatic heterocycles. The van der Waals surface area contributed by atoms with Crippen LogP contribution in [0.2, 0.25) is 0 Å². The lowest BCUT2D eigenvalue weighted by Gasteiger charge is -2.35. The molecular formula is C12H19N5O2. The van der Waals surface area contributed by atoms with E-state index in [2.05, 4.69) is 15.4 Å². The second-order valence-corrected chi connectivity index (χ2v) is 5.09. The topological polar surface area (TPSA) is 80.1 Å². The van der Waals surface area contributed by atoms with E-state index in [-0.39, 0.29) is 17.9 Å². The van der Waals surface area contributed by atoms with Gasteiger partial charge in [0, 0.05) is 6.04 Å². The van der Waals surface area contributed by atoms with Crippen molar-refractivity contribution in [1.29, 1.82) is 0 Å². The van der Waals surface area contributed by atoms with Crippen molar-refractivity contribution in [2.24, 2.45) is 0 Å². The van der Waals surface area contributed by atoms with Gasteiger partial charge in [0.1, 0.15) is 24.2 Å². The molecule has 0 bridgehead atoms. The number of nitrogens with zero attached hydrogens (tertiary/aromatic N) is 4. The van der Waals surface area contributed by atoms with Gasteiger partial charge < -0.3 is 10.2 Å². The molecule has 7 nitrogen and oxygen atoms in total. The van der Waals surface area contributed by atoms with Crippen LogP contribution in [-0.2, 0) is 16.1 Å². The van der Waals surface area contributed by atoms with Crippen molar-refractivity contribution in [1.82, 2.24) is 25.0 Å². The fourth-order valence-corrected chi connectivity index (χ4v) is 2.16. The van der Waals surface area contributed by atoms with Gasteiger partial charge in [-0.05, 0) is 27.7 Å². The molecule has 0 saturated carbocycles. The van der Waals surface area contributed by atoms with E-state index < -0.39 is 12.1 Å². The second kappa shape index (κ2) is 4.99. The zero-order valence-electron chi connectivity index (χ0n) is 11.6. The maximum atomic E-state index is 12.1. The van der Waals surface area contributed by atoms with Gasteiger partial charge >= 0.3 is 0 Å². The Morgan fingerprint density at radius 1 is 1.37 bits per heavy atom. The molecular weight excluding hydrogens is 246 g/mol. The van der Waals surface area contributed by atoms with Gasteiger partial charge in [0.25, 0.3) is 0 Å². The molecule has 2 rings (SSSR count). The minimum Gasteiger partial charge on any atom is -0.343 e. The van der Waals surface area contributed by atoms with Crippen molar-refractivity contribution >= 4 is 11.8 Å². The van der Waals surface area contributed by atoms with Gasteiger partial charge in [-0.1, -0.05) is 0 Å². The van der Waals surface area contributed by atoms with Gasteiger partial charge in [-0.25, -0.2) is 9.67 Å². The number of rotatable bonds is 3. The van der Waals surface area contributed by atoms with Crippen molar-refractivity contribution < 1.29 is 9.59 Å². The van der Waals surface area contributed by atoms with Crippen LogP contribution in [-0.4, -0.2) is 43.6 Å². The molecule has 7 heteroatoms. The molecule has 1 aromatic rings. The van der Waals surface area contributed by atoms with Crippen molar-refractivity contribution in [2.45, 2.75) is 52.4 Å². The summed E-state index contributed by atoms with van der Waals surface area (Å²) in [5.74, 6) is 0.463. The lowest BCUT2D eigenvalue weighted by atomic mass is 10.1. The van der Waals surface area contributed by atoms with E-state index >= 15 is 0 Å². The smallest absolute Gasteiger partial charge is 0.245 e. The molecule has 1 aromatic heterocycles. The first-order valence-corrected chi connectivity index (χ1v) is 6.41. The van der Waals surface area contributed by atoms with Gasteiger partial charge in [0.2, 0.25) is 11.8 Å². The molecule has 1 fully saturated rings. The van der Waals surface area contributed by atoms with E-state index in [0.717, 1.165) is 0 Å². The molecule has 0 spiro atoms.